The average molecular weight is 459 g/mol. The summed E-state index contributed by atoms with van der Waals surface area (Å²) >= 11 is 0. The molecule has 0 heterocycles. The summed E-state index contributed by atoms with van der Waals surface area (Å²) in [6.45, 7) is 5.00. The van der Waals surface area contributed by atoms with Gasteiger partial charge in [0.2, 0.25) is 11.8 Å². The number of carbonyl (C=O) groups excluding carboxylic acids is 2. The topological polar surface area (TPSA) is 58.6 Å². The molecular weight excluding hydrogens is 424 g/mol. The number of carbonyl (C=O) groups is 2. The van der Waals surface area contributed by atoms with E-state index in [1.54, 1.807) is 12.0 Å². The van der Waals surface area contributed by atoms with Crippen LogP contribution in [0.25, 0.3) is 0 Å². The molecule has 0 saturated carbocycles. The van der Waals surface area contributed by atoms with Crippen molar-refractivity contribution in [2.75, 3.05) is 13.7 Å². The molecule has 3 rings (SSSR count). The van der Waals surface area contributed by atoms with E-state index in [1.807, 2.05) is 92.7 Å². The molecule has 5 nitrogen and oxygen atoms in total. The Bertz CT molecular complexity index is 1050. The van der Waals surface area contributed by atoms with Crippen molar-refractivity contribution in [3.8, 4) is 5.75 Å². The van der Waals surface area contributed by atoms with Crippen molar-refractivity contribution < 1.29 is 14.3 Å². The summed E-state index contributed by atoms with van der Waals surface area (Å²) < 4.78 is 5.24. The molecule has 0 saturated heterocycles. The largest absolute Gasteiger partial charge is 0.497 e. The van der Waals surface area contributed by atoms with Gasteiger partial charge >= 0.3 is 0 Å². The number of aryl methyl sites for hydroxylation is 1. The molecule has 0 spiro atoms. The predicted octanol–water partition coefficient (Wildman–Crippen LogP) is 4.71. The normalized spacial score (nSPS) is 11.5. The van der Waals surface area contributed by atoms with Crippen molar-refractivity contribution in [1.82, 2.24) is 10.2 Å². The zero-order valence-corrected chi connectivity index (χ0v) is 20.3. The summed E-state index contributed by atoms with van der Waals surface area (Å²) in [4.78, 5) is 28.7. The lowest BCUT2D eigenvalue weighted by molar-refractivity contribution is -0.140. The molecule has 0 aliphatic rings. The van der Waals surface area contributed by atoms with Crippen LogP contribution in [-0.2, 0) is 29.0 Å². The van der Waals surface area contributed by atoms with Crippen LogP contribution in [-0.4, -0.2) is 36.4 Å². The van der Waals surface area contributed by atoms with Crippen molar-refractivity contribution in [2.45, 2.75) is 45.7 Å². The highest BCUT2D eigenvalue weighted by molar-refractivity contribution is 5.88. The van der Waals surface area contributed by atoms with E-state index in [4.69, 9.17) is 4.74 Å². The lowest BCUT2D eigenvalue weighted by atomic mass is 10.0. The third-order valence-corrected chi connectivity index (χ3v) is 5.81. The Labute approximate surface area is 202 Å². The first kappa shape index (κ1) is 25.0. The van der Waals surface area contributed by atoms with Gasteiger partial charge in [0.15, 0.2) is 0 Å². The van der Waals surface area contributed by atoms with Crippen LogP contribution in [0.1, 0.15) is 35.6 Å². The van der Waals surface area contributed by atoms with Gasteiger partial charge in [0.1, 0.15) is 11.8 Å². The molecule has 0 aromatic heterocycles. The minimum absolute atomic E-state index is 0.0849. The quantitative estimate of drug-likeness (QED) is 0.453. The van der Waals surface area contributed by atoms with Gasteiger partial charge in [-0.25, -0.2) is 0 Å². The fourth-order valence-electron chi connectivity index (χ4n) is 3.83. The minimum atomic E-state index is -0.610. The molecule has 3 aromatic carbocycles. The fraction of sp³-hybridized carbons (Fsp3) is 0.310. The number of nitrogens with one attached hydrogen (secondary N) is 1. The number of hydrogen-bond donors (Lipinski definition) is 1. The fourth-order valence-corrected chi connectivity index (χ4v) is 3.83. The van der Waals surface area contributed by atoms with Crippen LogP contribution in [0, 0.1) is 6.92 Å². The van der Waals surface area contributed by atoms with E-state index < -0.39 is 6.04 Å². The Kier molecular flexibility index (Phi) is 9.27. The molecule has 2 amide bonds. The van der Waals surface area contributed by atoms with Crippen molar-refractivity contribution in [3.05, 3.63) is 101 Å². The van der Waals surface area contributed by atoms with Gasteiger partial charge in [0, 0.05) is 19.5 Å². The van der Waals surface area contributed by atoms with E-state index in [2.05, 4.69) is 5.32 Å². The van der Waals surface area contributed by atoms with Crippen LogP contribution in [0.15, 0.2) is 78.9 Å². The second-order valence-corrected chi connectivity index (χ2v) is 8.53. The molecule has 0 radical (unpaired) electrons. The van der Waals surface area contributed by atoms with Gasteiger partial charge in [-0.3, -0.25) is 9.59 Å². The Morgan fingerprint density at radius 1 is 0.882 bits per heavy atom. The van der Waals surface area contributed by atoms with E-state index in [0.717, 1.165) is 34.4 Å². The molecule has 0 aliphatic heterocycles. The lowest BCUT2D eigenvalue weighted by Gasteiger charge is -2.31. The lowest BCUT2D eigenvalue weighted by Crippen LogP contribution is -2.51. The average Bonchev–Trinajstić information content (AvgIpc) is 2.86. The molecule has 5 heteroatoms. The van der Waals surface area contributed by atoms with Crippen LogP contribution in [0.3, 0.4) is 0 Å². The Morgan fingerprint density at radius 2 is 1.53 bits per heavy atom. The minimum Gasteiger partial charge on any atom is -0.497 e. The number of amides is 2. The van der Waals surface area contributed by atoms with E-state index >= 15 is 0 Å². The highest BCUT2D eigenvalue weighted by atomic mass is 16.5. The van der Waals surface area contributed by atoms with Crippen molar-refractivity contribution in [2.24, 2.45) is 0 Å². The molecule has 0 aliphatic carbocycles. The number of rotatable bonds is 11. The van der Waals surface area contributed by atoms with Gasteiger partial charge in [0.25, 0.3) is 0 Å². The molecule has 1 N–H and O–H groups in total. The Balaban J connectivity index is 1.92. The summed E-state index contributed by atoms with van der Waals surface area (Å²) in [6, 6.07) is 24.8. The Morgan fingerprint density at radius 3 is 2.15 bits per heavy atom. The van der Waals surface area contributed by atoms with Gasteiger partial charge in [-0.15, -0.1) is 0 Å². The zero-order valence-electron chi connectivity index (χ0n) is 20.3. The molecule has 1 atom stereocenters. The maximum absolute atomic E-state index is 13.7. The summed E-state index contributed by atoms with van der Waals surface area (Å²) in [5, 5.41) is 3.01. The summed E-state index contributed by atoms with van der Waals surface area (Å²) in [5.74, 6) is 0.535. The van der Waals surface area contributed by atoms with Gasteiger partial charge < -0.3 is 15.0 Å². The predicted molar refractivity (Wildman–Crippen MR) is 136 cm³/mol. The van der Waals surface area contributed by atoms with Crippen LogP contribution >= 0.6 is 0 Å². The molecule has 3 aromatic rings. The molecule has 34 heavy (non-hydrogen) atoms. The third kappa shape index (κ3) is 7.20. The third-order valence-electron chi connectivity index (χ3n) is 5.81. The highest BCUT2D eigenvalue weighted by Crippen LogP contribution is 2.18. The van der Waals surface area contributed by atoms with Crippen LogP contribution in [0.2, 0.25) is 0 Å². The van der Waals surface area contributed by atoms with E-state index in [0.29, 0.717) is 19.5 Å². The monoisotopic (exact) mass is 458 g/mol. The molecule has 0 unspecified atom stereocenters. The molecule has 0 fully saturated rings. The second-order valence-electron chi connectivity index (χ2n) is 8.53. The maximum atomic E-state index is 13.7. The summed E-state index contributed by atoms with van der Waals surface area (Å²) in [7, 11) is 1.62. The maximum Gasteiger partial charge on any atom is 0.243 e. The van der Waals surface area contributed by atoms with Gasteiger partial charge in [-0.05, 0) is 42.2 Å². The number of ether oxygens (including phenoxy) is 1. The van der Waals surface area contributed by atoms with E-state index in [1.165, 1.54) is 0 Å². The number of nitrogens with zero attached hydrogens (tertiary/aromatic N) is 1. The van der Waals surface area contributed by atoms with Crippen LogP contribution < -0.4 is 10.1 Å². The summed E-state index contributed by atoms with van der Waals surface area (Å²) in [6.07, 6.45) is 1.50. The van der Waals surface area contributed by atoms with E-state index in [-0.39, 0.29) is 18.2 Å². The number of methoxy groups -OCH3 is 1. The van der Waals surface area contributed by atoms with Crippen LogP contribution in [0.5, 0.6) is 5.75 Å². The smallest absolute Gasteiger partial charge is 0.243 e. The standard InChI is InChI=1S/C29H34N2O3/c1-4-18-30-29(33)27(19-23-8-6-5-7-9-23)31(21-25-12-10-22(2)11-13-25)28(32)20-24-14-16-26(34-3)17-15-24/h5-17,27H,4,18-21H2,1-3H3,(H,30,33)/t27-/m0/s1. The second kappa shape index (κ2) is 12.6. The van der Waals surface area contributed by atoms with E-state index in [9.17, 15) is 9.59 Å². The van der Waals surface area contributed by atoms with Gasteiger partial charge in [0.05, 0.1) is 13.5 Å². The first-order valence-electron chi connectivity index (χ1n) is 11.8. The number of hydrogen-bond acceptors (Lipinski definition) is 3. The highest BCUT2D eigenvalue weighted by Gasteiger charge is 2.30. The SMILES string of the molecule is CCCNC(=O)[C@H](Cc1ccccc1)N(Cc1ccc(C)cc1)C(=O)Cc1ccc(OC)cc1. The zero-order chi connectivity index (χ0) is 24.3. The number of benzene rings is 3. The molecule has 0 bridgehead atoms. The van der Waals surface area contributed by atoms with Crippen LogP contribution in [0.4, 0.5) is 0 Å². The first-order chi connectivity index (χ1) is 16.5. The van der Waals surface area contributed by atoms with Gasteiger partial charge in [-0.2, -0.15) is 0 Å². The summed E-state index contributed by atoms with van der Waals surface area (Å²) in [5.41, 5.74) is 4.05. The van der Waals surface area contributed by atoms with Crippen molar-refractivity contribution in [3.63, 3.8) is 0 Å². The van der Waals surface area contributed by atoms with Crippen molar-refractivity contribution >= 4 is 11.8 Å². The van der Waals surface area contributed by atoms with Crippen molar-refractivity contribution in [1.29, 1.82) is 0 Å². The molecular formula is C29H34N2O3. The Hall–Kier alpha value is -3.60. The molecule has 178 valence electrons. The van der Waals surface area contributed by atoms with Gasteiger partial charge in [-0.1, -0.05) is 79.2 Å². The first-order valence-corrected chi connectivity index (χ1v) is 11.8.